The average molecular weight is 222 g/mol. The third-order valence-electron chi connectivity index (χ3n) is 1.99. The highest BCUT2D eigenvalue weighted by atomic mass is 32.2. The molecule has 15 heavy (non-hydrogen) atoms. The Morgan fingerprint density at radius 1 is 1.40 bits per heavy atom. The molecule has 1 aromatic carbocycles. The van der Waals surface area contributed by atoms with Gasteiger partial charge in [0.15, 0.2) is 0 Å². The number of rotatable bonds is 3. The lowest BCUT2D eigenvalue weighted by Gasteiger charge is -2.00. The van der Waals surface area contributed by atoms with Crippen molar-refractivity contribution >= 4 is 11.8 Å². The van der Waals surface area contributed by atoms with Gasteiger partial charge in [-0.3, -0.25) is 4.68 Å². The van der Waals surface area contributed by atoms with Gasteiger partial charge in [-0.05, 0) is 12.1 Å². The summed E-state index contributed by atoms with van der Waals surface area (Å²) in [7, 11) is 1.87. The van der Waals surface area contributed by atoms with Crippen molar-refractivity contribution in [2.75, 3.05) is 0 Å². The summed E-state index contributed by atoms with van der Waals surface area (Å²) >= 11 is 1.49. The van der Waals surface area contributed by atoms with E-state index < -0.39 is 0 Å². The van der Waals surface area contributed by atoms with E-state index in [1.807, 2.05) is 19.3 Å². The van der Waals surface area contributed by atoms with Crippen molar-refractivity contribution in [3.05, 3.63) is 48.0 Å². The molecule has 0 N–H and O–H groups in total. The molecule has 0 aliphatic carbocycles. The molecule has 78 valence electrons. The highest BCUT2D eigenvalue weighted by Gasteiger charge is 2.02. The number of aromatic nitrogens is 2. The Balaban J connectivity index is 2.02. The SMILES string of the molecule is Cn1cc(CSc2ccccc2F)cn1. The standard InChI is InChI=1S/C11H11FN2S/c1-14-7-9(6-13-14)8-15-11-5-3-2-4-10(11)12/h2-7H,8H2,1H3. The summed E-state index contributed by atoms with van der Waals surface area (Å²) in [6.07, 6.45) is 3.74. The van der Waals surface area contributed by atoms with Crippen LogP contribution in [0.15, 0.2) is 41.6 Å². The van der Waals surface area contributed by atoms with E-state index in [0.717, 1.165) is 11.3 Å². The molecule has 0 spiro atoms. The van der Waals surface area contributed by atoms with Crippen LogP contribution < -0.4 is 0 Å². The topological polar surface area (TPSA) is 17.8 Å². The molecule has 0 amide bonds. The first-order valence-corrected chi connectivity index (χ1v) is 5.59. The molecule has 0 unspecified atom stereocenters. The van der Waals surface area contributed by atoms with Crippen molar-refractivity contribution in [3.63, 3.8) is 0 Å². The first-order chi connectivity index (χ1) is 7.25. The maximum absolute atomic E-state index is 13.3. The smallest absolute Gasteiger partial charge is 0.136 e. The van der Waals surface area contributed by atoms with Crippen molar-refractivity contribution in [2.24, 2.45) is 7.05 Å². The average Bonchev–Trinajstić information content (AvgIpc) is 2.63. The van der Waals surface area contributed by atoms with Gasteiger partial charge in [-0.15, -0.1) is 11.8 Å². The normalized spacial score (nSPS) is 10.5. The minimum atomic E-state index is -0.161. The van der Waals surface area contributed by atoms with Crippen LogP contribution in [0.25, 0.3) is 0 Å². The van der Waals surface area contributed by atoms with Gasteiger partial charge in [0.1, 0.15) is 5.82 Å². The number of nitrogens with zero attached hydrogens (tertiary/aromatic N) is 2. The fourth-order valence-electron chi connectivity index (χ4n) is 1.27. The number of hydrogen-bond donors (Lipinski definition) is 0. The monoisotopic (exact) mass is 222 g/mol. The van der Waals surface area contributed by atoms with Gasteiger partial charge >= 0.3 is 0 Å². The molecule has 0 bridgehead atoms. The summed E-state index contributed by atoms with van der Waals surface area (Å²) in [5.41, 5.74) is 1.10. The van der Waals surface area contributed by atoms with Crippen LogP contribution in [0, 0.1) is 5.82 Å². The Kier molecular flexibility index (Phi) is 3.06. The largest absolute Gasteiger partial charge is 0.276 e. The van der Waals surface area contributed by atoms with Crippen LogP contribution in [-0.4, -0.2) is 9.78 Å². The van der Waals surface area contributed by atoms with E-state index in [4.69, 9.17) is 0 Å². The molecular formula is C11H11FN2S. The summed E-state index contributed by atoms with van der Waals surface area (Å²) < 4.78 is 15.0. The van der Waals surface area contributed by atoms with E-state index in [2.05, 4.69) is 5.10 Å². The zero-order valence-electron chi connectivity index (χ0n) is 8.35. The zero-order chi connectivity index (χ0) is 10.7. The van der Waals surface area contributed by atoms with Crippen molar-refractivity contribution in [1.29, 1.82) is 0 Å². The molecule has 2 rings (SSSR count). The highest BCUT2D eigenvalue weighted by Crippen LogP contribution is 2.24. The predicted molar refractivity (Wildman–Crippen MR) is 59.2 cm³/mol. The van der Waals surface area contributed by atoms with Crippen LogP contribution >= 0.6 is 11.8 Å². The molecule has 0 atom stereocenters. The van der Waals surface area contributed by atoms with E-state index in [-0.39, 0.29) is 5.82 Å². The van der Waals surface area contributed by atoms with Gasteiger partial charge < -0.3 is 0 Å². The minimum Gasteiger partial charge on any atom is -0.276 e. The van der Waals surface area contributed by atoms with Crippen LogP contribution in [0.2, 0.25) is 0 Å². The Hall–Kier alpha value is -1.29. The lowest BCUT2D eigenvalue weighted by Crippen LogP contribution is -1.84. The van der Waals surface area contributed by atoms with Crippen molar-refractivity contribution in [1.82, 2.24) is 9.78 Å². The van der Waals surface area contributed by atoms with Gasteiger partial charge in [-0.25, -0.2) is 4.39 Å². The predicted octanol–water partition coefficient (Wildman–Crippen LogP) is 2.85. The van der Waals surface area contributed by atoms with Crippen molar-refractivity contribution in [3.8, 4) is 0 Å². The number of hydrogen-bond acceptors (Lipinski definition) is 2. The first-order valence-electron chi connectivity index (χ1n) is 4.60. The fraction of sp³-hybridized carbons (Fsp3) is 0.182. The molecule has 0 aliphatic rings. The maximum atomic E-state index is 13.3. The van der Waals surface area contributed by atoms with Crippen LogP contribution in [-0.2, 0) is 12.8 Å². The summed E-state index contributed by atoms with van der Waals surface area (Å²) in [4.78, 5) is 0.682. The quantitative estimate of drug-likeness (QED) is 0.743. The Bertz CT molecular complexity index is 453. The van der Waals surface area contributed by atoms with Crippen LogP contribution in [0.4, 0.5) is 4.39 Å². The summed E-state index contributed by atoms with van der Waals surface area (Å²) in [6.45, 7) is 0. The molecule has 0 fully saturated rings. The molecule has 1 aromatic heterocycles. The Labute approximate surface area is 92.1 Å². The number of thioether (sulfide) groups is 1. The van der Waals surface area contributed by atoms with Gasteiger partial charge in [0.25, 0.3) is 0 Å². The summed E-state index contributed by atoms with van der Waals surface area (Å²) in [5, 5.41) is 4.06. The van der Waals surface area contributed by atoms with Crippen LogP contribution in [0.1, 0.15) is 5.56 Å². The van der Waals surface area contributed by atoms with Crippen molar-refractivity contribution < 1.29 is 4.39 Å². The van der Waals surface area contributed by atoms with E-state index in [1.165, 1.54) is 17.8 Å². The van der Waals surface area contributed by atoms with Crippen molar-refractivity contribution in [2.45, 2.75) is 10.6 Å². The molecule has 0 saturated carbocycles. The van der Waals surface area contributed by atoms with E-state index in [1.54, 1.807) is 23.0 Å². The maximum Gasteiger partial charge on any atom is 0.136 e. The minimum absolute atomic E-state index is 0.161. The van der Waals surface area contributed by atoms with E-state index >= 15 is 0 Å². The number of benzene rings is 1. The second-order valence-corrected chi connectivity index (χ2v) is 4.26. The summed E-state index contributed by atoms with van der Waals surface area (Å²) in [6, 6.07) is 6.81. The first kappa shape index (κ1) is 10.2. The van der Waals surface area contributed by atoms with Gasteiger partial charge in [-0.2, -0.15) is 5.10 Å². The summed E-state index contributed by atoms with van der Waals surface area (Å²) in [5.74, 6) is 0.584. The number of aryl methyl sites for hydroxylation is 1. The zero-order valence-corrected chi connectivity index (χ0v) is 9.17. The van der Waals surface area contributed by atoms with Gasteiger partial charge in [0, 0.05) is 29.5 Å². The second-order valence-electron chi connectivity index (χ2n) is 3.24. The van der Waals surface area contributed by atoms with E-state index in [0.29, 0.717) is 4.90 Å². The molecule has 0 saturated heterocycles. The second kappa shape index (κ2) is 4.49. The number of halogens is 1. The third kappa shape index (κ3) is 2.59. The Morgan fingerprint density at radius 2 is 2.20 bits per heavy atom. The molecule has 2 nitrogen and oxygen atoms in total. The molecular weight excluding hydrogens is 211 g/mol. The van der Waals surface area contributed by atoms with Gasteiger partial charge in [0.05, 0.1) is 6.20 Å². The highest BCUT2D eigenvalue weighted by molar-refractivity contribution is 7.98. The molecule has 2 aromatic rings. The molecule has 0 aliphatic heterocycles. The van der Waals surface area contributed by atoms with Crippen LogP contribution in [0.3, 0.4) is 0 Å². The lowest BCUT2D eigenvalue weighted by molar-refractivity contribution is 0.602. The lowest BCUT2D eigenvalue weighted by atomic mass is 10.3. The van der Waals surface area contributed by atoms with Gasteiger partial charge in [0.2, 0.25) is 0 Å². The van der Waals surface area contributed by atoms with E-state index in [9.17, 15) is 4.39 Å². The third-order valence-corrected chi connectivity index (χ3v) is 3.11. The molecule has 0 radical (unpaired) electrons. The fourth-order valence-corrected chi connectivity index (χ4v) is 2.12. The van der Waals surface area contributed by atoms with Crippen LogP contribution in [0.5, 0.6) is 0 Å². The Morgan fingerprint density at radius 3 is 2.87 bits per heavy atom. The van der Waals surface area contributed by atoms with Gasteiger partial charge in [-0.1, -0.05) is 12.1 Å². The molecule has 1 heterocycles. The molecule has 4 heteroatoms.